The van der Waals surface area contributed by atoms with Crippen LogP contribution in [-0.4, -0.2) is 20.6 Å². The van der Waals surface area contributed by atoms with Crippen molar-refractivity contribution in [3.63, 3.8) is 0 Å². The van der Waals surface area contributed by atoms with Crippen LogP contribution in [0.3, 0.4) is 0 Å². The van der Waals surface area contributed by atoms with Gasteiger partial charge in [-0.2, -0.15) is 0 Å². The van der Waals surface area contributed by atoms with Crippen molar-refractivity contribution >= 4 is 21.8 Å². The Kier molecular flexibility index (Phi) is 7.43. The minimum Gasteiger partial charge on any atom is -0.496 e. The summed E-state index contributed by atoms with van der Waals surface area (Å²) in [7, 11) is -2.14. The van der Waals surface area contributed by atoms with E-state index in [2.05, 4.69) is 4.72 Å². The van der Waals surface area contributed by atoms with Gasteiger partial charge in [-0.25, -0.2) is 13.1 Å². The Hall–Kier alpha value is -2.32. The number of hydrogen-bond donors (Lipinski definition) is 2. The van der Waals surface area contributed by atoms with E-state index in [4.69, 9.17) is 4.74 Å². The lowest BCUT2D eigenvalue weighted by Gasteiger charge is -2.17. The minimum absolute atomic E-state index is 0.0483. The van der Waals surface area contributed by atoms with Crippen molar-refractivity contribution in [2.75, 3.05) is 7.11 Å². The second-order valence-electron chi connectivity index (χ2n) is 7.28. The van der Waals surface area contributed by atoms with Crippen molar-refractivity contribution in [2.45, 2.75) is 48.6 Å². The number of benzene rings is 3. The van der Waals surface area contributed by atoms with Gasteiger partial charge in [-0.1, -0.05) is 48.2 Å². The van der Waals surface area contributed by atoms with E-state index in [1.807, 2.05) is 55.5 Å². The molecule has 0 atom stereocenters. The second kappa shape index (κ2) is 9.87. The molecule has 3 aromatic carbocycles. The summed E-state index contributed by atoms with van der Waals surface area (Å²) in [6.07, 6.45) is 0. The number of hydrogen-bond acceptors (Lipinski definition) is 5. The van der Waals surface area contributed by atoms with E-state index < -0.39 is 10.0 Å². The van der Waals surface area contributed by atoms with Crippen LogP contribution in [0.1, 0.15) is 27.8 Å². The molecule has 0 saturated carbocycles. The molecule has 0 saturated heterocycles. The molecule has 0 aromatic heterocycles. The molecule has 0 heterocycles. The molecule has 0 amide bonds. The summed E-state index contributed by atoms with van der Waals surface area (Å²) in [6, 6.07) is 17.1. The number of ether oxygens (including phenoxy) is 1. The highest BCUT2D eigenvalue weighted by Crippen LogP contribution is 2.34. The standard InChI is InChI=1S/C24H27NO4S2/c1-16-13-21(29-4)17(2)18(3)24(16)31(27,28)25-14-19-9-5-7-11-22(19)30-23-12-8-6-10-20(23)15-26/h5-13,25-26H,14-15H2,1-4H3. The summed E-state index contributed by atoms with van der Waals surface area (Å²) < 4.78 is 34.5. The molecule has 2 N–H and O–H groups in total. The predicted octanol–water partition coefficient (Wildman–Crippen LogP) is 4.74. The Bertz CT molecular complexity index is 1190. The van der Waals surface area contributed by atoms with Gasteiger partial charge in [0.25, 0.3) is 0 Å². The SMILES string of the molecule is COc1cc(C)c(S(=O)(=O)NCc2ccccc2Sc2ccccc2CO)c(C)c1C. The summed E-state index contributed by atoms with van der Waals surface area (Å²) in [5.74, 6) is 0.679. The van der Waals surface area contributed by atoms with E-state index in [-0.39, 0.29) is 13.2 Å². The number of aliphatic hydroxyl groups is 1. The third-order valence-electron chi connectivity index (χ3n) is 5.26. The lowest BCUT2D eigenvalue weighted by atomic mass is 10.1. The van der Waals surface area contributed by atoms with Gasteiger partial charge in [0.2, 0.25) is 10.0 Å². The zero-order valence-corrected chi connectivity index (χ0v) is 19.7. The van der Waals surface area contributed by atoms with E-state index in [0.717, 1.165) is 26.5 Å². The summed E-state index contributed by atoms with van der Waals surface area (Å²) in [5.41, 5.74) is 3.84. The van der Waals surface area contributed by atoms with Gasteiger partial charge >= 0.3 is 0 Å². The van der Waals surface area contributed by atoms with Gasteiger partial charge in [0.1, 0.15) is 5.75 Å². The van der Waals surface area contributed by atoms with Crippen LogP contribution in [0, 0.1) is 20.8 Å². The quantitative estimate of drug-likeness (QED) is 0.511. The minimum atomic E-state index is -3.72. The number of nitrogens with one attached hydrogen (secondary N) is 1. The molecule has 0 aliphatic rings. The van der Waals surface area contributed by atoms with Crippen molar-refractivity contribution in [1.29, 1.82) is 0 Å². The Labute approximate surface area is 188 Å². The van der Waals surface area contributed by atoms with Crippen LogP contribution in [0.5, 0.6) is 5.75 Å². The van der Waals surface area contributed by atoms with Crippen molar-refractivity contribution in [1.82, 2.24) is 4.72 Å². The van der Waals surface area contributed by atoms with E-state index in [0.29, 0.717) is 21.8 Å². The Morgan fingerprint density at radius 3 is 2.13 bits per heavy atom. The first kappa shape index (κ1) is 23.3. The average molecular weight is 458 g/mol. The van der Waals surface area contributed by atoms with Gasteiger partial charge in [-0.05, 0) is 66.8 Å². The van der Waals surface area contributed by atoms with Gasteiger partial charge in [0.05, 0.1) is 18.6 Å². The monoisotopic (exact) mass is 457 g/mol. The van der Waals surface area contributed by atoms with E-state index in [1.165, 1.54) is 11.8 Å². The normalized spacial score (nSPS) is 11.5. The van der Waals surface area contributed by atoms with Gasteiger partial charge in [-0.3, -0.25) is 0 Å². The van der Waals surface area contributed by atoms with Crippen molar-refractivity contribution in [3.8, 4) is 5.75 Å². The molecule has 31 heavy (non-hydrogen) atoms. The Morgan fingerprint density at radius 1 is 0.935 bits per heavy atom. The van der Waals surface area contributed by atoms with Crippen molar-refractivity contribution in [3.05, 3.63) is 82.4 Å². The Balaban J connectivity index is 1.88. The van der Waals surface area contributed by atoms with Gasteiger partial charge in [0.15, 0.2) is 0 Å². The summed E-state index contributed by atoms with van der Waals surface area (Å²) in [5, 5.41) is 9.60. The average Bonchev–Trinajstić information content (AvgIpc) is 2.76. The maximum absolute atomic E-state index is 13.2. The van der Waals surface area contributed by atoms with Crippen molar-refractivity contribution < 1.29 is 18.3 Å². The highest BCUT2D eigenvalue weighted by Gasteiger charge is 2.23. The largest absolute Gasteiger partial charge is 0.496 e. The van der Waals surface area contributed by atoms with Crippen LogP contribution in [0.2, 0.25) is 0 Å². The Morgan fingerprint density at radius 2 is 1.52 bits per heavy atom. The first-order valence-corrected chi connectivity index (χ1v) is 12.2. The van der Waals surface area contributed by atoms with Crippen LogP contribution < -0.4 is 9.46 Å². The zero-order valence-electron chi connectivity index (χ0n) is 18.1. The fraction of sp³-hybridized carbons (Fsp3) is 0.250. The maximum Gasteiger partial charge on any atom is 0.241 e. The summed E-state index contributed by atoms with van der Waals surface area (Å²) in [4.78, 5) is 2.17. The molecule has 0 spiro atoms. The third-order valence-corrected chi connectivity index (χ3v) is 8.18. The topological polar surface area (TPSA) is 75.6 Å². The molecule has 5 nitrogen and oxygen atoms in total. The highest BCUT2D eigenvalue weighted by atomic mass is 32.2. The first-order chi connectivity index (χ1) is 14.8. The first-order valence-electron chi connectivity index (χ1n) is 9.87. The van der Waals surface area contributed by atoms with Crippen molar-refractivity contribution in [2.24, 2.45) is 0 Å². The smallest absolute Gasteiger partial charge is 0.241 e. The summed E-state index contributed by atoms with van der Waals surface area (Å²) >= 11 is 1.51. The number of rotatable bonds is 8. The van der Waals surface area contributed by atoms with E-state index in [1.54, 1.807) is 27.0 Å². The van der Waals surface area contributed by atoms with Gasteiger partial charge < -0.3 is 9.84 Å². The van der Waals surface area contributed by atoms with Crippen LogP contribution in [-0.2, 0) is 23.2 Å². The molecule has 3 aromatic rings. The number of aliphatic hydroxyl groups excluding tert-OH is 1. The number of sulfonamides is 1. The van der Waals surface area contributed by atoms with Crippen LogP contribution >= 0.6 is 11.8 Å². The third kappa shape index (κ3) is 5.13. The molecule has 0 unspecified atom stereocenters. The van der Waals surface area contributed by atoms with Crippen LogP contribution in [0.4, 0.5) is 0 Å². The van der Waals surface area contributed by atoms with Gasteiger partial charge in [-0.15, -0.1) is 0 Å². The molecular formula is C24H27NO4S2. The van der Waals surface area contributed by atoms with Crippen LogP contribution in [0.25, 0.3) is 0 Å². The van der Waals surface area contributed by atoms with Gasteiger partial charge in [0, 0.05) is 16.3 Å². The fourth-order valence-corrected chi connectivity index (χ4v) is 6.09. The number of methoxy groups -OCH3 is 1. The molecule has 0 radical (unpaired) electrons. The predicted molar refractivity (Wildman–Crippen MR) is 124 cm³/mol. The molecular weight excluding hydrogens is 430 g/mol. The molecule has 0 fully saturated rings. The van der Waals surface area contributed by atoms with E-state index >= 15 is 0 Å². The second-order valence-corrected chi connectivity index (χ2v) is 10.1. The number of aryl methyl sites for hydroxylation is 1. The molecule has 0 aliphatic carbocycles. The summed E-state index contributed by atoms with van der Waals surface area (Å²) in [6.45, 7) is 5.55. The van der Waals surface area contributed by atoms with Crippen LogP contribution in [0.15, 0.2) is 69.3 Å². The van der Waals surface area contributed by atoms with E-state index in [9.17, 15) is 13.5 Å². The maximum atomic E-state index is 13.2. The molecule has 0 bridgehead atoms. The fourth-order valence-electron chi connectivity index (χ4n) is 3.49. The lowest BCUT2D eigenvalue weighted by molar-refractivity contribution is 0.279. The molecule has 3 rings (SSSR count). The highest BCUT2D eigenvalue weighted by molar-refractivity contribution is 7.99. The molecule has 0 aliphatic heterocycles. The molecule has 7 heteroatoms. The lowest BCUT2D eigenvalue weighted by Crippen LogP contribution is -2.25. The zero-order chi connectivity index (χ0) is 22.6. The molecule has 164 valence electrons.